The molecule has 3 aliphatic rings. The summed E-state index contributed by atoms with van der Waals surface area (Å²) >= 11 is 0. The van der Waals surface area contributed by atoms with Gasteiger partial charge in [0.25, 0.3) is 0 Å². The van der Waals surface area contributed by atoms with E-state index in [0.29, 0.717) is 0 Å². The van der Waals surface area contributed by atoms with Crippen LogP contribution in [0, 0.1) is 11.3 Å². The van der Waals surface area contributed by atoms with Gasteiger partial charge in [0.05, 0.1) is 19.6 Å². The summed E-state index contributed by atoms with van der Waals surface area (Å²) in [6.07, 6.45) is 0. The van der Waals surface area contributed by atoms with Crippen molar-refractivity contribution in [2.75, 3.05) is 45.8 Å². The summed E-state index contributed by atoms with van der Waals surface area (Å²) in [5, 5.41) is 8.65. The van der Waals surface area contributed by atoms with E-state index in [4.69, 9.17) is 18.2 Å². The third-order valence-electron chi connectivity index (χ3n) is 3.36. The van der Waals surface area contributed by atoms with Gasteiger partial charge in [0.2, 0.25) is 0 Å². The summed E-state index contributed by atoms with van der Waals surface area (Å²) in [5.74, 6) is 0. The zero-order valence-corrected chi connectivity index (χ0v) is 10.9. The molecule has 0 spiro atoms. The van der Waals surface area contributed by atoms with Crippen LogP contribution in [0.4, 0.5) is 13.2 Å². The molecule has 0 radical (unpaired) electrons. The minimum Gasteiger partial charge on any atom is -0.741 e. The molecule has 110 valence electrons. The second-order valence-electron chi connectivity index (χ2n) is 4.57. The van der Waals surface area contributed by atoms with Crippen LogP contribution in [0.3, 0.4) is 0 Å². The van der Waals surface area contributed by atoms with Crippen LogP contribution in [-0.2, 0) is 10.1 Å². The molecule has 0 atom stereocenters. The van der Waals surface area contributed by atoms with E-state index in [1.165, 1.54) is 39.3 Å². The van der Waals surface area contributed by atoms with Crippen LogP contribution < -0.4 is 0 Å². The number of hydrogen-bond acceptors (Lipinski definition) is 5. The Morgan fingerprint density at radius 3 is 1.84 bits per heavy atom. The third-order valence-corrected chi connectivity index (χ3v) is 3.93. The summed E-state index contributed by atoms with van der Waals surface area (Å²) < 4.78 is 60.0. The predicted octanol–water partition coefficient (Wildman–Crippen LogP) is -0.293. The smallest absolute Gasteiger partial charge is 0.485 e. The number of alkyl halides is 3. The van der Waals surface area contributed by atoms with E-state index >= 15 is 0 Å². The lowest BCUT2D eigenvalue weighted by molar-refractivity contribution is -0.934. The standard InChI is InChI=1S/C8H14N3.CHF3O3S/c9-1-5-11-6-2-10(3-7-11)4-8-11;2-1(3,4)8(5,6)7/h2-8H2;(H,5,6,7)/q+1;/p-1. The molecule has 0 saturated carbocycles. The number of piperazine rings is 3. The van der Waals surface area contributed by atoms with Crippen LogP contribution >= 0.6 is 0 Å². The van der Waals surface area contributed by atoms with Gasteiger partial charge >= 0.3 is 5.51 Å². The summed E-state index contributed by atoms with van der Waals surface area (Å²) in [6, 6.07) is 2.31. The molecule has 0 aliphatic carbocycles. The molecule has 0 N–H and O–H groups in total. The highest BCUT2D eigenvalue weighted by Gasteiger charge is 2.38. The second-order valence-corrected chi connectivity index (χ2v) is 5.94. The molecular weight excluding hydrogens is 287 g/mol. The highest BCUT2D eigenvalue weighted by Crippen LogP contribution is 2.20. The van der Waals surface area contributed by atoms with Crippen LogP contribution in [0.25, 0.3) is 0 Å². The third kappa shape index (κ3) is 4.31. The second kappa shape index (κ2) is 5.62. The van der Waals surface area contributed by atoms with Crippen LogP contribution in [0.1, 0.15) is 0 Å². The molecule has 3 fully saturated rings. The van der Waals surface area contributed by atoms with Gasteiger partial charge < -0.3 is 9.04 Å². The van der Waals surface area contributed by atoms with Crippen molar-refractivity contribution in [2.45, 2.75) is 5.51 Å². The number of nitrogens with zero attached hydrogens (tertiary/aromatic N) is 3. The fourth-order valence-corrected chi connectivity index (χ4v) is 2.12. The predicted molar refractivity (Wildman–Crippen MR) is 57.5 cm³/mol. The number of halogens is 3. The van der Waals surface area contributed by atoms with Crippen molar-refractivity contribution < 1.29 is 30.6 Å². The van der Waals surface area contributed by atoms with Gasteiger partial charge in [-0.3, -0.25) is 4.90 Å². The van der Waals surface area contributed by atoms with Gasteiger partial charge in [0, 0.05) is 19.6 Å². The summed E-state index contributed by atoms with van der Waals surface area (Å²) in [5.41, 5.74) is -5.65. The summed E-state index contributed by atoms with van der Waals surface area (Å²) in [7, 11) is -6.09. The lowest BCUT2D eigenvalue weighted by Crippen LogP contribution is -2.67. The number of quaternary nitrogens is 1. The summed E-state index contributed by atoms with van der Waals surface area (Å²) in [6.45, 7) is 7.97. The molecule has 0 aromatic rings. The first-order valence-electron chi connectivity index (χ1n) is 5.56. The van der Waals surface area contributed by atoms with E-state index in [0.717, 1.165) is 11.0 Å². The van der Waals surface area contributed by atoms with Crippen molar-refractivity contribution >= 4 is 10.1 Å². The highest BCUT2D eigenvalue weighted by molar-refractivity contribution is 7.86. The Hall–Kier alpha value is -0.890. The Morgan fingerprint density at radius 1 is 1.21 bits per heavy atom. The monoisotopic (exact) mass is 301 g/mol. The average Bonchev–Trinajstić information content (AvgIpc) is 2.29. The molecule has 3 rings (SSSR count). The number of hydrogen-bond donors (Lipinski definition) is 0. The molecular formula is C9H14F3N3O3S. The van der Waals surface area contributed by atoms with Crippen LogP contribution in [0.5, 0.6) is 0 Å². The molecule has 10 heteroatoms. The number of fused-ring (bicyclic) bond motifs is 3. The summed E-state index contributed by atoms with van der Waals surface area (Å²) in [4.78, 5) is 2.50. The molecule has 2 bridgehead atoms. The first-order valence-corrected chi connectivity index (χ1v) is 6.97. The van der Waals surface area contributed by atoms with E-state index < -0.39 is 15.6 Å². The molecule has 3 saturated heterocycles. The van der Waals surface area contributed by atoms with E-state index in [1.807, 2.05) is 0 Å². The lowest BCUT2D eigenvalue weighted by Gasteiger charge is -2.49. The van der Waals surface area contributed by atoms with Crippen molar-refractivity contribution in [3.63, 3.8) is 0 Å². The number of rotatable bonds is 1. The largest absolute Gasteiger partial charge is 0.741 e. The SMILES string of the molecule is N#CC[N+]12CCN(CC1)CC2.O=S(=O)([O-])C(F)(F)F. The van der Waals surface area contributed by atoms with Crippen molar-refractivity contribution in [1.29, 1.82) is 5.26 Å². The van der Waals surface area contributed by atoms with Gasteiger partial charge in [-0.05, 0) is 0 Å². The van der Waals surface area contributed by atoms with E-state index in [2.05, 4.69) is 11.0 Å². The molecule has 3 heterocycles. The van der Waals surface area contributed by atoms with Crippen LogP contribution in [-0.4, -0.2) is 73.7 Å². The minimum atomic E-state index is -6.09. The molecule has 3 aliphatic heterocycles. The van der Waals surface area contributed by atoms with Crippen molar-refractivity contribution in [3.8, 4) is 6.07 Å². The van der Waals surface area contributed by atoms with E-state index in [-0.39, 0.29) is 0 Å². The van der Waals surface area contributed by atoms with Crippen molar-refractivity contribution in [3.05, 3.63) is 0 Å². The minimum absolute atomic E-state index is 0.730. The molecule has 0 aromatic heterocycles. The molecule has 19 heavy (non-hydrogen) atoms. The molecule has 0 amide bonds. The maximum atomic E-state index is 10.7. The lowest BCUT2D eigenvalue weighted by atomic mass is 10.1. The zero-order valence-electron chi connectivity index (χ0n) is 10.1. The quantitative estimate of drug-likeness (QED) is 0.287. The highest BCUT2D eigenvalue weighted by atomic mass is 32.2. The van der Waals surface area contributed by atoms with Crippen LogP contribution in [0.15, 0.2) is 0 Å². The van der Waals surface area contributed by atoms with Gasteiger partial charge in [-0.2, -0.15) is 18.4 Å². The Kier molecular flexibility index (Phi) is 4.78. The average molecular weight is 301 g/mol. The van der Waals surface area contributed by atoms with Gasteiger partial charge in [0.15, 0.2) is 16.7 Å². The van der Waals surface area contributed by atoms with Gasteiger partial charge in [-0.15, -0.1) is 0 Å². The molecule has 6 nitrogen and oxygen atoms in total. The van der Waals surface area contributed by atoms with Gasteiger partial charge in [-0.1, -0.05) is 0 Å². The Morgan fingerprint density at radius 2 is 1.58 bits per heavy atom. The maximum Gasteiger partial charge on any atom is 0.485 e. The van der Waals surface area contributed by atoms with Crippen LogP contribution in [0.2, 0.25) is 0 Å². The van der Waals surface area contributed by atoms with Crippen molar-refractivity contribution in [2.24, 2.45) is 0 Å². The zero-order chi connectivity index (χ0) is 14.7. The maximum absolute atomic E-state index is 10.7. The molecule has 0 unspecified atom stereocenters. The normalized spacial score (nSPS) is 30.2. The Bertz CT molecular complexity index is 436. The number of nitriles is 1. The van der Waals surface area contributed by atoms with E-state index in [9.17, 15) is 13.2 Å². The van der Waals surface area contributed by atoms with Gasteiger partial charge in [0.1, 0.15) is 6.07 Å². The van der Waals surface area contributed by atoms with E-state index in [1.54, 1.807) is 0 Å². The topological polar surface area (TPSA) is 84.2 Å². The fourth-order valence-electron chi connectivity index (χ4n) is 2.12. The fraction of sp³-hybridized carbons (Fsp3) is 0.889. The Balaban J connectivity index is 0.000000203. The molecule has 0 aromatic carbocycles. The first kappa shape index (κ1) is 16.2. The first-order chi connectivity index (χ1) is 8.60. The Labute approximate surface area is 109 Å². The van der Waals surface area contributed by atoms with Gasteiger partial charge in [-0.25, -0.2) is 8.42 Å². The van der Waals surface area contributed by atoms with Crippen molar-refractivity contribution in [1.82, 2.24) is 4.90 Å².